The SMILES string of the molecule is CC(C)(C)c1ccc(-c2nc(-c3ccccc3)nc(-c3ccc(-c4ccc5c(c4)-c4cc(-c6ccc([Si](C)(C)C)cc6)ccc4C5(c4ccccc4)c4ccccc4)cc3)n2)cc1. The molecule has 0 bridgehead atoms. The van der Waals surface area contributed by atoms with Gasteiger partial charge in [-0.1, -0.05) is 234 Å². The van der Waals surface area contributed by atoms with Gasteiger partial charge in [-0.05, 0) is 78.7 Å². The second-order valence-electron chi connectivity index (χ2n) is 18.9. The minimum Gasteiger partial charge on any atom is -0.208 e. The summed E-state index contributed by atoms with van der Waals surface area (Å²) in [6, 6.07) is 73.1. The fourth-order valence-corrected chi connectivity index (χ4v) is 10.5. The lowest BCUT2D eigenvalue weighted by molar-refractivity contribution is 0.590. The molecule has 4 heteroatoms. The first-order valence-electron chi connectivity index (χ1n) is 22.0. The Morgan fingerprint density at radius 1 is 0.365 bits per heavy atom. The highest BCUT2D eigenvalue weighted by atomic mass is 28.3. The van der Waals surface area contributed by atoms with Gasteiger partial charge in [-0.3, -0.25) is 0 Å². The highest BCUT2D eigenvalue weighted by molar-refractivity contribution is 6.88. The Bertz CT molecular complexity index is 3030. The third-order valence-electron chi connectivity index (χ3n) is 12.8. The van der Waals surface area contributed by atoms with E-state index in [0.717, 1.165) is 27.8 Å². The van der Waals surface area contributed by atoms with Gasteiger partial charge in [-0.25, -0.2) is 15.0 Å². The quantitative estimate of drug-likeness (QED) is 0.143. The number of rotatable bonds is 8. The van der Waals surface area contributed by atoms with Crippen LogP contribution in [0.5, 0.6) is 0 Å². The van der Waals surface area contributed by atoms with Crippen molar-refractivity contribution in [1.29, 1.82) is 0 Å². The lowest BCUT2D eigenvalue weighted by atomic mass is 9.67. The van der Waals surface area contributed by atoms with Gasteiger partial charge in [-0.15, -0.1) is 0 Å². The van der Waals surface area contributed by atoms with Crippen molar-refractivity contribution in [3.63, 3.8) is 0 Å². The van der Waals surface area contributed by atoms with E-state index in [1.165, 1.54) is 55.3 Å². The first kappa shape index (κ1) is 40.1. The summed E-state index contributed by atoms with van der Waals surface area (Å²) < 4.78 is 0. The molecular formula is C59H51N3Si. The molecule has 3 nitrogen and oxygen atoms in total. The maximum absolute atomic E-state index is 5.07. The van der Waals surface area contributed by atoms with Gasteiger partial charge in [0.1, 0.15) is 0 Å². The van der Waals surface area contributed by atoms with Crippen molar-refractivity contribution in [1.82, 2.24) is 15.0 Å². The lowest BCUT2D eigenvalue weighted by Crippen LogP contribution is -2.37. The maximum Gasteiger partial charge on any atom is 0.164 e. The zero-order valence-corrected chi connectivity index (χ0v) is 37.9. The molecule has 0 radical (unpaired) electrons. The van der Waals surface area contributed by atoms with Gasteiger partial charge in [0.05, 0.1) is 13.5 Å². The summed E-state index contributed by atoms with van der Waals surface area (Å²) in [4.78, 5) is 15.1. The fraction of sp³-hybridized carbons (Fsp3) is 0.136. The van der Waals surface area contributed by atoms with E-state index in [9.17, 15) is 0 Å². The van der Waals surface area contributed by atoms with Crippen molar-refractivity contribution in [2.45, 2.75) is 51.2 Å². The molecule has 1 aromatic heterocycles. The molecule has 0 unspecified atom stereocenters. The predicted molar refractivity (Wildman–Crippen MR) is 266 cm³/mol. The van der Waals surface area contributed by atoms with Crippen LogP contribution in [0.2, 0.25) is 19.6 Å². The summed E-state index contributed by atoms with van der Waals surface area (Å²) in [5.41, 5.74) is 16.1. The van der Waals surface area contributed by atoms with Gasteiger partial charge >= 0.3 is 0 Å². The molecule has 0 atom stereocenters. The molecule has 0 fully saturated rings. The highest BCUT2D eigenvalue weighted by Crippen LogP contribution is 2.57. The van der Waals surface area contributed by atoms with Gasteiger partial charge < -0.3 is 0 Å². The molecule has 63 heavy (non-hydrogen) atoms. The molecule has 0 amide bonds. The summed E-state index contributed by atoms with van der Waals surface area (Å²) in [6.07, 6.45) is 0. The predicted octanol–water partition coefficient (Wildman–Crippen LogP) is 14.4. The zero-order valence-electron chi connectivity index (χ0n) is 36.9. The Morgan fingerprint density at radius 3 is 1.13 bits per heavy atom. The van der Waals surface area contributed by atoms with Crippen LogP contribution >= 0.6 is 0 Å². The molecule has 0 aliphatic heterocycles. The zero-order chi connectivity index (χ0) is 43.3. The Kier molecular flexibility index (Phi) is 10.00. The Labute approximate surface area is 373 Å². The van der Waals surface area contributed by atoms with E-state index < -0.39 is 13.5 Å². The number of nitrogens with zero attached hydrogens (tertiary/aromatic N) is 3. The van der Waals surface area contributed by atoms with Gasteiger partial charge in [0.25, 0.3) is 0 Å². The molecule has 1 heterocycles. The van der Waals surface area contributed by atoms with Crippen LogP contribution in [0.15, 0.2) is 200 Å². The van der Waals surface area contributed by atoms with Crippen molar-refractivity contribution >= 4 is 13.3 Å². The molecule has 10 rings (SSSR count). The maximum atomic E-state index is 5.07. The van der Waals surface area contributed by atoms with Gasteiger partial charge in [0, 0.05) is 16.7 Å². The van der Waals surface area contributed by atoms with Crippen molar-refractivity contribution < 1.29 is 0 Å². The molecule has 9 aromatic rings. The van der Waals surface area contributed by atoms with Gasteiger partial charge in [0.2, 0.25) is 0 Å². The summed E-state index contributed by atoms with van der Waals surface area (Å²) >= 11 is 0. The molecule has 0 N–H and O–H groups in total. The van der Waals surface area contributed by atoms with Crippen LogP contribution in [0, 0.1) is 0 Å². The van der Waals surface area contributed by atoms with Crippen molar-refractivity contribution in [2.75, 3.05) is 0 Å². The summed E-state index contributed by atoms with van der Waals surface area (Å²) in [6.45, 7) is 13.9. The Hall–Kier alpha value is -7.01. The topological polar surface area (TPSA) is 38.7 Å². The van der Waals surface area contributed by atoms with Crippen molar-refractivity contribution in [3.8, 4) is 67.5 Å². The normalized spacial score (nSPS) is 13.0. The van der Waals surface area contributed by atoms with Gasteiger partial charge in [-0.2, -0.15) is 0 Å². The molecule has 306 valence electrons. The number of aromatic nitrogens is 3. The summed E-state index contributed by atoms with van der Waals surface area (Å²) in [5, 5.41) is 1.47. The molecule has 0 spiro atoms. The summed E-state index contributed by atoms with van der Waals surface area (Å²) in [5.74, 6) is 1.96. The largest absolute Gasteiger partial charge is 0.208 e. The molecule has 1 aliphatic rings. The number of hydrogen-bond donors (Lipinski definition) is 0. The van der Waals surface area contributed by atoms with Crippen LogP contribution in [0.4, 0.5) is 0 Å². The third kappa shape index (κ3) is 7.34. The minimum absolute atomic E-state index is 0.0534. The van der Waals surface area contributed by atoms with E-state index in [1.54, 1.807) is 0 Å². The van der Waals surface area contributed by atoms with Gasteiger partial charge in [0.15, 0.2) is 17.5 Å². The standard InChI is InChI=1S/C59H51N3Si/c1-58(2,3)47-32-26-44(27-33-47)57-61-55(42-16-10-7-11-17-42)60-56(62-57)43-24-22-40(23-25-43)45-30-36-53-51(38-45)52-39-46(41-28-34-50(35-29-41)63(4,5)6)31-37-54(52)59(53,48-18-12-8-13-19-48)49-20-14-9-15-21-49/h7-39H,1-6H3. The lowest BCUT2D eigenvalue weighted by Gasteiger charge is -2.34. The smallest absolute Gasteiger partial charge is 0.164 e. The van der Waals surface area contributed by atoms with E-state index in [-0.39, 0.29) is 5.41 Å². The number of fused-ring (bicyclic) bond motifs is 3. The average Bonchev–Trinajstić information content (AvgIpc) is 3.61. The first-order valence-corrected chi connectivity index (χ1v) is 25.5. The average molecular weight is 830 g/mol. The van der Waals surface area contributed by atoms with Crippen LogP contribution in [0.3, 0.4) is 0 Å². The van der Waals surface area contributed by atoms with Crippen LogP contribution in [0.1, 0.15) is 48.6 Å². The monoisotopic (exact) mass is 829 g/mol. The van der Waals surface area contributed by atoms with Crippen LogP contribution < -0.4 is 5.19 Å². The van der Waals surface area contributed by atoms with E-state index in [0.29, 0.717) is 17.5 Å². The third-order valence-corrected chi connectivity index (χ3v) is 14.9. The van der Waals surface area contributed by atoms with Crippen molar-refractivity contribution in [3.05, 3.63) is 228 Å². The van der Waals surface area contributed by atoms with E-state index in [1.807, 2.05) is 18.2 Å². The number of benzene rings is 8. The molecular weight excluding hydrogens is 779 g/mol. The second kappa shape index (κ2) is 15.7. The first-order chi connectivity index (χ1) is 30.5. The molecule has 0 saturated heterocycles. The van der Waals surface area contributed by atoms with E-state index in [2.05, 4.69) is 222 Å². The molecule has 1 aliphatic carbocycles. The van der Waals surface area contributed by atoms with E-state index >= 15 is 0 Å². The Balaban J connectivity index is 1.09. The fourth-order valence-electron chi connectivity index (χ4n) is 9.30. The second-order valence-corrected chi connectivity index (χ2v) is 24.0. The minimum atomic E-state index is -1.43. The van der Waals surface area contributed by atoms with Crippen LogP contribution in [-0.2, 0) is 10.8 Å². The van der Waals surface area contributed by atoms with Crippen molar-refractivity contribution in [2.24, 2.45) is 0 Å². The Morgan fingerprint density at radius 2 is 0.714 bits per heavy atom. The summed E-state index contributed by atoms with van der Waals surface area (Å²) in [7, 11) is -1.43. The molecule has 0 saturated carbocycles. The van der Waals surface area contributed by atoms with E-state index in [4.69, 9.17) is 15.0 Å². The highest BCUT2D eigenvalue weighted by Gasteiger charge is 2.46. The molecule has 8 aromatic carbocycles. The van der Waals surface area contributed by atoms with Crippen LogP contribution in [0.25, 0.3) is 67.5 Å². The van der Waals surface area contributed by atoms with Crippen LogP contribution in [-0.4, -0.2) is 23.0 Å². The number of hydrogen-bond acceptors (Lipinski definition) is 3.